The van der Waals surface area contributed by atoms with Crippen LogP contribution in [-0.4, -0.2) is 16.3 Å². The fraction of sp³-hybridized carbons (Fsp3) is 1.00. The van der Waals surface area contributed by atoms with Crippen molar-refractivity contribution < 1.29 is 0 Å². The summed E-state index contributed by atoms with van der Waals surface area (Å²) in [5.41, 5.74) is 4.65. The molecule has 0 aromatic rings. The van der Waals surface area contributed by atoms with Crippen molar-refractivity contribution in [1.29, 1.82) is 0 Å². The molecule has 0 spiro atoms. The van der Waals surface area contributed by atoms with Gasteiger partial charge in [0, 0.05) is 0 Å². The molecule has 0 atom stereocenters. The monoisotopic (exact) mass is 168 g/mol. The van der Waals surface area contributed by atoms with Gasteiger partial charge in [0.2, 0.25) is 0 Å². The van der Waals surface area contributed by atoms with Crippen LogP contribution in [0.5, 0.6) is 0 Å². The van der Waals surface area contributed by atoms with Gasteiger partial charge in [-0.2, -0.15) is 0 Å². The third-order valence-corrected chi connectivity index (χ3v) is 0. The summed E-state index contributed by atoms with van der Waals surface area (Å²) in [6, 6.07) is 0. The molecule has 0 aromatic heterocycles. The van der Waals surface area contributed by atoms with E-state index in [-0.39, 0.29) is 19.4 Å². The van der Waals surface area contributed by atoms with Gasteiger partial charge in [-0.15, -0.1) is 0 Å². The van der Waals surface area contributed by atoms with Crippen molar-refractivity contribution in [3.05, 3.63) is 0 Å². The molecule has 0 bridgehead atoms. The maximum absolute atomic E-state index is 2.32. The molecule has 24 valence electrons. The number of hydrogen-bond acceptors (Lipinski definition) is 0. The summed E-state index contributed by atoms with van der Waals surface area (Å²) >= 11 is -0.263. The van der Waals surface area contributed by atoms with E-state index in [0.717, 1.165) is 0 Å². The van der Waals surface area contributed by atoms with Crippen LogP contribution >= 0.6 is 19.4 Å². The van der Waals surface area contributed by atoms with Crippen molar-refractivity contribution >= 4 is 30.8 Å². The second kappa shape index (κ2) is 2.12. The van der Waals surface area contributed by atoms with Gasteiger partial charge < -0.3 is 0 Å². The van der Waals surface area contributed by atoms with Crippen LogP contribution in [0.15, 0.2) is 0 Å². The predicted octanol–water partition coefficient (Wildman–Crippen LogP) is -0.781. The van der Waals surface area contributed by atoms with Gasteiger partial charge in [-0.3, -0.25) is 0 Å². The summed E-state index contributed by atoms with van der Waals surface area (Å²) in [6.07, 6.45) is 0. The molecule has 0 aliphatic rings. The van der Waals surface area contributed by atoms with Gasteiger partial charge in [0.05, 0.1) is 0 Å². The van der Waals surface area contributed by atoms with Crippen molar-refractivity contribution in [2.75, 3.05) is 4.93 Å². The SMILES string of the molecule is BI(B)C. The molecular weight excluding hydrogens is 161 g/mol. The fourth-order valence-corrected chi connectivity index (χ4v) is 0. The minimum absolute atomic E-state index is 0.263. The molecule has 0 radical (unpaired) electrons. The molecule has 0 saturated carbocycles. The summed E-state index contributed by atoms with van der Waals surface area (Å²) in [5, 5.41) is 0. The molecule has 0 aromatic carbocycles. The summed E-state index contributed by atoms with van der Waals surface area (Å²) in [4.78, 5) is 2.32. The first kappa shape index (κ1) is 4.86. The normalized spacial score (nSPS) is 10.8. The molecule has 3 heteroatoms. The quantitative estimate of drug-likeness (QED) is 0.252. The second-order valence-electron chi connectivity index (χ2n) is 1.13. The van der Waals surface area contributed by atoms with Gasteiger partial charge in [-0.05, 0) is 0 Å². The Hall–Kier alpha value is 0.860. The first-order valence-corrected chi connectivity index (χ1v) is 7.61. The summed E-state index contributed by atoms with van der Waals surface area (Å²) in [6.45, 7) is 0. The first-order chi connectivity index (χ1) is 1.73. The van der Waals surface area contributed by atoms with Crippen LogP contribution in [0, 0.1) is 0 Å². The Kier molecular flexibility index (Phi) is 2.57. The molecule has 0 amide bonds. The Morgan fingerprint density at radius 1 is 1.50 bits per heavy atom. The van der Waals surface area contributed by atoms with Crippen LogP contribution in [0.1, 0.15) is 0 Å². The molecule has 0 N–H and O–H groups in total. The van der Waals surface area contributed by atoms with Crippen LogP contribution in [0.4, 0.5) is 0 Å². The fourth-order valence-electron chi connectivity index (χ4n) is 0. The number of hydrogen-bond donors (Lipinski definition) is 0. The van der Waals surface area contributed by atoms with Crippen LogP contribution < -0.4 is 0 Å². The van der Waals surface area contributed by atoms with E-state index < -0.39 is 0 Å². The third kappa shape index (κ3) is 13.4. The summed E-state index contributed by atoms with van der Waals surface area (Å²) in [5.74, 6) is 0. The van der Waals surface area contributed by atoms with Crippen molar-refractivity contribution in [1.82, 2.24) is 0 Å². The first-order valence-electron chi connectivity index (χ1n) is 1.13. The van der Waals surface area contributed by atoms with E-state index in [4.69, 9.17) is 0 Å². The molecule has 0 nitrogen and oxygen atoms in total. The van der Waals surface area contributed by atoms with Gasteiger partial charge in [-0.1, -0.05) is 0 Å². The number of alkyl halides is 1. The van der Waals surface area contributed by atoms with E-state index in [1.165, 1.54) is 0 Å². The van der Waals surface area contributed by atoms with Crippen LogP contribution in [0.2, 0.25) is 0 Å². The summed E-state index contributed by atoms with van der Waals surface area (Å²) < 4.78 is 0. The molecule has 0 saturated heterocycles. The van der Waals surface area contributed by atoms with E-state index in [1.807, 2.05) is 0 Å². The van der Waals surface area contributed by atoms with E-state index in [1.54, 1.807) is 0 Å². The molecule has 0 heterocycles. The van der Waals surface area contributed by atoms with E-state index in [9.17, 15) is 0 Å². The van der Waals surface area contributed by atoms with E-state index in [2.05, 4.69) is 16.3 Å². The van der Waals surface area contributed by atoms with E-state index >= 15 is 0 Å². The Bertz CT molecular complexity index is 10.8. The zero-order valence-corrected chi connectivity index (χ0v) is 5.54. The molecule has 0 unspecified atom stereocenters. The average molecular weight is 168 g/mol. The Morgan fingerprint density at radius 3 is 1.50 bits per heavy atom. The zero-order chi connectivity index (χ0) is 3.58. The Labute approximate surface area is 36.0 Å². The topological polar surface area (TPSA) is 0 Å². The molecule has 4 heavy (non-hydrogen) atoms. The maximum atomic E-state index is 2.32. The van der Waals surface area contributed by atoms with Crippen molar-refractivity contribution in [3.63, 3.8) is 0 Å². The van der Waals surface area contributed by atoms with Crippen molar-refractivity contribution in [2.45, 2.75) is 0 Å². The molecular formula is CH7B2I. The predicted molar refractivity (Wildman–Crippen MR) is 37.0 cm³/mol. The third-order valence-electron chi connectivity index (χ3n) is 0. The van der Waals surface area contributed by atoms with Gasteiger partial charge >= 0.3 is 35.7 Å². The van der Waals surface area contributed by atoms with Crippen molar-refractivity contribution in [3.8, 4) is 0 Å². The van der Waals surface area contributed by atoms with Crippen LogP contribution in [0.3, 0.4) is 0 Å². The second-order valence-corrected chi connectivity index (χ2v) is 7.61. The van der Waals surface area contributed by atoms with Gasteiger partial charge in [0.25, 0.3) is 0 Å². The number of halogens is 1. The molecule has 0 aliphatic heterocycles. The van der Waals surface area contributed by atoms with Crippen molar-refractivity contribution in [2.24, 2.45) is 0 Å². The van der Waals surface area contributed by atoms with Gasteiger partial charge in [0.15, 0.2) is 0 Å². The zero-order valence-electron chi connectivity index (χ0n) is 3.38. The molecule has 0 aliphatic carbocycles. The minimum atomic E-state index is -0.263. The van der Waals surface area contributed by atoms with Crippen LogP contribution in [-0.2, 0) is 0 Å². The Balaban J connectivity index is 2.32. The number of rotatable bonds is 0. The standard InChI is InChI=1S/CH7B2I/c1-4(2)3/h2-3H2,1H3. The van der Waals surface area contributed by atoms with Gasteiger partial charge in [0.1, 0.15) is 0 Å². The molecule has 0 rings (SSSR count). The van der Waals surface area contributed by atoms with Crippen LogP contribution in [0.25, 0.3) is 0 Å². The summed E-state index contributed by atoms with van der Waals surface area (Å²) in [7, 11) is 0. The van der Waals surface area contributed by atoms with E-state index in [0.29, 0.717) is 0 Å². The van der Waals surface area contributed by atoms with Gasteiger partial charge in [-0.25, -0.2) is 0 Å². The molecule has 0 fully saturated rings. The Morgan fingerprint density at radius 2 is 1.50 bits per heavy atom. The average Bonchev–Trinajstić information content (AvgIpc) is 0.811.